The third-order valence-corrected chi connectivity index (χ3v) is 4.67. The number of guanidine groups is 1. The minimum Gasteiger partial charge on any atom is -0.382 e. The number of pyridine rings is 1. The molecule has 0 aromatic carbocycles. The van der Waals surface area contributed by atoms with Crippen molar-refractivity contribution in [3.05, 3.63) is 22.3 Å². The number of methoxy groups -OCH3 is 1. The molecule has 2 heterocycles. The van der Waals surface area contributed by atoms with Crippen molar-refractivity contribution in [2.75, 3.05) is 65.0 Å². The van der Waals surface area contributed by atoms with E-state index in [1.807, 2.05) is 0 Å². The van der Waals surface area contributed by atoms with Crippen molar-refractivity contribution < 1.29 is 9.47 Å². The number of likely N-dealkylation sites (tertiary alicyclic amines) is 1. The van der Waals surface area contributed by atoms with Crippen molar-refractivity contribution in [3.8, 4) is 0 Å². The van der Waals surface area contributed by atoms with E-state index in [9.17, 15) is 0 Å². The Hall–Kier alpha value is -0.550. The maximum atomic E-state index is 6.12. The van der Waals surface area contributed by atoms with E-state index in [1.54, 1.807) is 19.4 Å². The molecule has 10 heteroatoms. The average Bonchev–Trinajstić information content (AvgIpc) is 3.11. The van der Waals surface area contributed by atoms with E-state index >= 15 is 0 Å². The molecule has 2 rings (SSSR count). The molecule has 28 heavy (non-hydrogen) atoms. The van der Waals surface area contributed by atoms with Gasteiger partial charge in [-0.1, -0.05) is 23.2 Å². The lowest BCUT2D eigenvalue weighted by Crippen LogP contribution is -2.40. The molecule has 2 N–H and O–H groups in total. The highest BCUT2D eigenvalue weighted by molar-refractivity contribution is 14.0. The van der Waals surface area contributed by atoms with Crippen LogP contribution >= 0.6 is 47.2 Å². The van der Waals surface area contributed by atoms with Gasteiger partial charge in [0, 0.05) is 45.4 Å². The number of anilines is 1. The first-order valence-corrected chi connectivity index (χ1v) is 10.0. The highest BCUT2D eigenvalue weighted by Crippen LogP contribution is 2.22. The Balaban J connectivity index is 0.00000392. The van der Waals surface area contributed by atoms with E-state index in [4.69, 9.17) is 37.7 Å². The molecule has 0 aliphatic carbocycles. The molecule has 1 fully saturated rings. The topological polar surface area (TPSA) is 71.0 Å². The predicted octanol–water partition coefficient (Wildman–Crippen LogP) is 3.37. The first-order chi connectivity index (χ1) is 13.1. The Morgan fingerprint density at radius 2 is 2.21 bits per heavy atom. The van der Waals surface area contributed by atoms with E-state index in [1.165, 1.54) is 0 Å². The van der Waals surface area contributed by atoms with E-state index < -0.39 is 0 Å². The van der Waals surface area contributed by atoms with E-state index in [0.29, 0.717) is 48.1 Å². The lowest BCUT2D eigenvalue weighted by Gasteiger charge is -2.21. The number of hydrogen-bond donors (Lipinski definition) is 2. The van der Waals surface area contributed by atoms with Gasteiger partial charge >= 0.3 is 0 Å². The molecule has 1 aliphatic heterocycles. The summed E-state index contributed by atoms with van der Waals surface area (Å²) in [7, 11) is 1.69. The zero-order chi connectivity index (χ0) is 19.5. The van der Waals surface area contributed by atoms with Gasteiger partial charge in [-0.2, -0.15) is 0 Å². The lowest BCUT2D eigenvalue weighted by molar-refractivity contribution is 0.0536. The second-order valence-electron chi connectivity index (χ2n) is 6.31. The second-order valence-corrected chi connectivity index (χ2v) is 7.16. The van der Waals surface area contributed by atoms with E-state index in [2.05, 4.69) is 27.4 Å². The van der Waals surface area contributed by atoms with E-state index in [-0.39, 0.29) is 24.0 Å². The molecule has 0 spiro atoms. The number of ether oxygens (including phenoxy) is 2. The number of nitrogens with zero attached hydrogens (tertiary/aromatic N) is 3. The Labute approximate surface area is 194 Å². The van der Waals surface area contributed by atoms with Crippen molar-refractivity contribution in [2.24, 2.45) is 10.9 Å². The number of halogens is 3. The van der Waals surface area contributed by atoms with Crippen molar-refractivity contribution in [3.63, 3.8) is 0 Å². The van der Waals surface area contributed by atoms with Crippen LogP contribution in [0.15, 0.2) is 17.3 Å². The predicted molar refractivity (Wildman–Crippen MR) is 127 cm³/mol. The number of rotatable bonds is 10. The summed E-state index contributed by atoms with van der Waals surface area (Å²) in [4.78, 5) is 11.2. The molecule has 0 amide bonds. The van der Waals surface area contributed by atoms with Gasteiger partial charge < -0.3 is 25.0 Å². The van der Waals surface area contributed by atoms with E-state index in [0.717, 1.165) is 38.6 Å². The number of hydrogen-bond acceptors (Lipinski definition) is 5. The summed E-state index contributed by atoms with van der Waals surface area (Å²) in [5.74, 6) is 2.09. The van der Waals surface area contributed by atoms with Gasteiger partial charge in [0.2, 0.25) is 0 Å². The Bertz CT molecular complexity index is 609. The smallest absolute Gasteiger partial charge is 0.193 e. The molecule has 1 aliphatic rings. The van der Waals surface area contributed by atoms with Crippen LogP contribution in [-0.2, 0) is 9.47 Å². The van der Waals surface area contributed by atoms with Crippen LogP contribution in [0.3, 0.4) is 0 Å². The third-order valence-electron chi connectivity index (χ3n) is 4.18. The van der Waals surface area contributed by atoms with Crippen LogP contribution in [-0.4, -0.2) is 75.5 Å². The number of aliphatic imine (C=N–C) groups is 1. The van der Waals surface area contributed by atoms with Crippen molar-refractivity contribution in [1.29, 1.82) is 0 Å². The van der Waals surface area contributed by atoms with Gasteiger partial charge in [-0.3, -0.25) is 4.99 Å². The monoisotopic (exact) mass is 545 g/mol. The molecule has 0 saturated carbocycles. The first kappa shape index (κ1) is 25.5. The van der Waals surface area contributed by atoms with Crippen LogP contribution in [0.2, 0.25) is 10.0 Å². The normalized spacial score (nSPS) is 16.8. The fourth-order valence-corrected chi connectivity index (χ4v) is 3.31. The highest BCUT2D eigenvalue weighted by Gasteiger charge is 2.24. The van der Waals surface area contributed by atoms with Gasteiger partial charge in [-0.05, 0) is 19.4 Å². The maximum absolute atomic E-state index is 6.12. The number of aromatic nitrogens is 1. The zero-order valence-electron chi connectivity index (χ0n) is 16.4. The maximum Gasteiger partial charge on any atom is 0.193 e. The summed E-state index contributed by atoms with van der Waals surface area (Å²) >= 11 is 12.0. The van der Waals surface area contributed by atoms with Crippen LogP contribution in [0.25, 0.3) is 0 Å². The Kier molecular flexibility index (Phi) is 13.1. The fraction of sp³-hybridized carbons (Fsp3) is 0.667. The Morgan fingerprint density at radius 3 is 2.93 bits per heavy atom. The van der Waals surface area contributed by atoms with Crippen LogP contribution < -0.4 is 10.6 Å². The average molecular weight is 546 g/mol. The molecule has 1 unspecified atom stereocenters. The van der Waals surface area contributed by atoms with Crippen LogP contribution in [0, 0.1) is 5.92 Å². The minimum atomic E-state index is 0. The molecule has 1 atom stereocenters. The van der Waals surface area contributed by atoms with Crippen LogP contribution in [0.5, 0.6) is 0 Å². The second kappa shape index (κ2) is 14.4. The van der Waals surface area contributed by atoms with Gasteiger partial charge in [-0.25, -0.2) is 4.98 Å². The van der Waals surface area contributed by atoms with Crippen molar-refractivity contribution >= 4 is 59.0 Å². The van der Waals surface area contributed by atoms with Gasteiger partial charge in [0.25, 0.3) is 0 Å². The molecule has 0 radical (unpaired) electrons. The fourth-order valence-electron chi connectivity index (χ4n) is 2.86. The molecule has 7 nitrogen and oxygen atoms in total. The number of nitrogens with one attached hydrogen (secondary N) is 2. The van der Waals surface area contributed by atoms with Gasteiger partial charge in [-0.15, -0.1) is 24.0 Å². The summed E-state index contributed by atoms with van der Waals surface area (Å²) in [6.07, 6.45) is 2.68. The molecular formula is C18H30Cl2IN5O2. The molecule has 1 aromatic rings. The SMILES string of the molecule is CCNC(=NCCNc1ncc(Cl)cc1Cl)N1CCC(COCCOC)C1.I. The summed E-state index contributed by atoms with van der Waals surface area (Å²) in [5.41, 5.74) is 0. The summed E-state index contributed by atoms with van der Waals surface area (Å²) in [5, 5.41) is 7.59. The lowest BCUT2D eigenvalue weighted by atomic mass is 10.1. The summed E-state index contributed by atoms with van der Waals surface area (Å²) in [6, 6.07) is 1.67. The molecular weight excluding hydrogens is 516 g/mol. The van der Waals surface area contributed by atoms with Crippen molar-refractivity contribution in [2.45, 2.75) is 13.3 Å². The van der Waals surface area contributed by atoms with Gasteiger partial charge in [0.15, 0.2) is 5.96 Å². The quantitative estimate of drug-likeness (QED) is 0.203. The first-order valence-electron chi connectivity index (χ1n) is 9.28. The molecule has 1 saturated heterocycles. The third kappa shape index (κ3) is 8.86. The summed E-state index contributed by atoms with van der Waals surface area (Å²) < 4.78 is 10.7. The van der Waals surface area contributed by atoms with Gasteiger partial charge in [0.05, 0.1) is 36.4 Å². The van der Waals surface area contributed by atoms with Crippen LogP contribution in [0.1, 0.15) is 13.3 Å². The van der Waals surface area contributed by atoms with Gasteiger partial charge in [0.1, 0.15) is 5.82 Å². The molecule has 0 bridgehead atoms. The van der Waals surface area contributed by atoms with Crippen molar-refractivity contribution in [1.82, 2.24) is 15.2 Å². The Morgan fingerprint density at radius 1 is 1.39 bits per heavy atom. The largest absolute Gasteiger partial charge is 0.382 e. The van der Waals surface area contributed by atoms with Crippen LogP contribution in [0.4, 0.5) is 5.82 Å². The molecule has 1 aromatic heterocycles. The minimum absolute atomic E-state index is 0. The standard InChI is InChI=1S/C18H29Cl2N5O2.HI/c1-3-21-18(25-7-4-14(12-25)13-27-9-8-26-2)23-6-5-22-17-16(20)10-15(19)11-24-17;/h10-11,14H,3-9,12-13H2,1-2H3,(H,21,23)(H,22,24);1H. The highest BCUT2D eigenvalue weighted by atomic mass is 127. The summed E-state index contributed by atoms with van der Waals surface area (Å²) in [6.45, 7) is 8.17. The molecule has 160 valence electrons. The zero-order valence-corrected chi connectivity index (χ0v) is 20.3.